The van der Waals surface area contributed by atoms with E-state index in [9.17, 15) is 9.90 Å². The van der Waals surface area contributed by atoms with Crippen molar-refractivity contribution in [1.82, 2.24) is 0 Å². The van der Waals surface area contributed by atoms with Gasteiger partial charge < -0.3 is 10.0 Å². The molecule has 1 aromatic rings. The highest BCUT2D eigenvalue weighted by Crippen LogP contribution is 2.43. The average Bonchev–Trinajstić information content (AvgIpc) is 2.63. The third-order valence-electron chi connectivity index (χ3n) is 3.26. The number of thiophene rings is 1. The lowest BCUT2D eigenvalue weighted by Gasteiger charge is -2.40. The Morgan fingerprint density at radius 3 is 2.69 bits per heavy atom. The molecule has 1 aliphatic rings. The summed E-state index contributed by atoms with van der Waals surface area (Å²) in [4.78, 5) is 13.8. The van der Waals surface area contributed by atoms with Crippen LogP contribution in [0.5, 0.6) is 0 Å². The largest absolute Gasteiger partial charge is 0.395 e. The molecule has 1 saturated carbocycles. The zero-order chi connectivity index (χ0) is 11.8. The summed E-state index contributed by atoms with van der Waals surface area (Å²) in [6.45, 7) is -0.0602. The van der Waals surface area contributed by atoms with Gasteiger partial charge in [0.05, 0.1) is 21.4 Å². The third kappa shape index (κ3) is 1.85. The highest BCUT2D eigenvalue weighted by Gasteiger charge is 2.45. The van der Waals surface area contributed by atoms with Crippen molar-refractivity contribution < 1.29 is 9.90 Å². The van der Waals surface area contributed by atoms with Crippen LogP contribution in [-0.2, 0) is 4.79 Å². The van der Waals surface area contributed by atoms with Crippen molar-refractivity contribution >= 4 is 33.8 Å². The van der Waals surface area contributed by atoms with Crippen LogP contribution in [0.25, 0.3) is 0 Å². The molecule has 1 N–H and O–H groups in total. The Labute approximate surface area is 104 Å². The van der Waals surface area contributed by atoms with E-state index in [1.807, 2.05) is 6.07 Å². The van der Waals surface area contributed by atoms with Gasteiger partial charge in [-0.2, -0.15) is 0 Å². The van der Waals surface area contributed by atoms with E-state index in [-0.39, 0.29) is 12.5 Å². The maximum absolute atomic E-state index is 12.2. The van der Waals surface area contributed by atoms with Gasteiger partial charge in [-0.15, -0.1) is 11.3 Å². The molecule has 16 heavy (non-hydrogen) atoms. The van der Waals surface area contributed by atoms with E-state index < -0.39 is 5.41 Å². The van der Waals surface area contributed by atoms with Gasteiger partial charge in [0.25, 0.3) is 0 Å². The molecular weight excluding hydrogens is 246 g/mol. The van der Waals surface area contributed by atoms with Crippen molar-refractivity contribution in [2.75, 3.05) is 18.6 Å². The van der Waals surface area contributed by atoms with E-state index in [0.29, 0.717) is 4.34 Å². The molecule has 0 unspecified atom stereocenters. The van der Waals surface area contributed by atoms with Crippen LogP contribution in [0.3, 0.4) is 0 Å². The van der Waals surface area contributed by atoms with E-state index in [4.69, 9.17) is 11.6 Å². The first-order valence-corrected chi connectivity index (χ1v) is 6.43. The van der Waals surface area contributed by atoms with Gasteiger partial charge in [0, 0.05) is 7.05 Å². The van der Waals surface area contributed by atoms with Crippen LogP contribution in [0, 0.1) is 5.41 Å². The second-order valence-corrected chi connectivity index (χ2v) is 5.93. The normalized spacial score (nSPS) is 17.9. The summed E-state index contributed by atoms with van der Waals surface area (Å²) in [7, 11) is 1.74. The van der Waals surface area contributed by atoms with Crippen molar-refractivity contribution in [3.8, 4) is 0 Å². The molecule has 88 valence electrons. The molecule has 0 bridgehead atoms. The number of halogens is 1. The first-order valence-electron chi connectivity index (χ1n) is 5.23. The summed E-state index contributed by atoms with van der Waals surface area (Å²) in [6, 6.07) is 3.60. The number of aliphatic hydroxyl groups excluding tert-OH is 1. The summed E-state index contributed by atoms with van der Waals surface area (Å²) >= 11 is 7.21. The summed E-state index contributed by atoms with van der Waals surface area (Å²) in [6.07, 6.45) is 2.59. The Morgan fingerprint density at radius 1 is 1.62 bits per heavy atom. The van der Waals surface area contributed by atoms with Crippen LogP contribution in [0.4, 0.5) is 5.00 Å². The van der Waals surface area contributed by atoms with Gasteiger partial charge in [-0.3, -0.25) is 4.79 Å². The van der Waals surface area contributed by atoms with Gasteiger partial charge >= 0.3 is 0 Å². The molecule has 5 heteroatoms. The number of hydrogen-bond donors (Lipinski definition) is 1. The lowest BCUT2D eigenvalue weighted by molar-refractivity contribution is -0.136. The van der Waals surface area contributed by atoms with E-state index >= 15 is 0 Å². The molecule has 2 rings (SSSR count). The zero-order valence-electron chi connectivity index (χ0n) is 9.07. The number of carbonyl (C=O) groups is 1. The second-order valence-electron chi connectivity index (χ2n) is 4.23. The number of nitrogens with zero attached hydrogens (tertiary/aromatic N) is 1. The average molecular weight is 260 g/mol. The third-order valence-corrected chi connectivity index (χ3v) is 4.57. The minimum Gasteiger partial charge on any atom is -0.395 e. The fraction of sp³-hybridized carbons (Fsp3) is 0.545. The van der Waals surface area contributed by atoms with Gasteiger partial charge in [0.1, 0.15) is 0 Å². The Hall–Kier alpha value is -0.580. The first-order chi connectivity index (χ1) is 7.59. The van der Waals surface area contributed by atoms with E-state index in [0.717, 1.165) is 24.3 Å². The topological polar surface area (TPSA) is 40.5 Å². The SMILES string of the molecule is CN(C(=O)C1(CO)CCC1)c1ccc(Cl)s1. The lowest BCUT2D eigenvalue weighted by atomic mass is 9.68. The van der Waals surface area contributed by atoms with E-state index in [2.05, 4.69) is 0 Å². The second kappa shape index (κ2) is 4.35. The van der Waals surface area contributed by atoms with Crippen molar-refractivity contribution in [3.05, 3.63) is 16.5 Å². The monoisotopic (exact) mass is 259 g/mol. The standard InChI is InChI=1S/C11H14ClNO2S/c1-13(9-4-3-8(12)16-9)10(15)11(7-14)5-2-6-11/h3-4,14H,2,5-7H2,1H3. The minimum absolute atomic E-state index is 0.000216. The predicted octanol–water partition coefficient (Wildman–Crippen LogP) is 2.53. The summed E-state index contributed by atoms with van der Waals surface area (Å²) in [5, 5.41) is 10.2. The molecule has 1 fully saturated rings. The lowest BCUT2D eigenvalue weighted by Crippen LogP contribution is -2.48. The van der Waals surface area contributed by atoms with Crippen LogP contribution in [0.15, 0.2) is 12.1 Å². The van der Waals surface area contributed by atoms with Crippen LogP contribution in [-0.4, -0.2) is 24.7 Å². The highest BCUT2D eigenvalue weighted by molar-refractivity contribution is 7.20. The van der Waals surface area contributed by atoms with Crippen LogP contribution in [0.1, 0.15) is 19.3 Å². The number of carbonyl (C=O) groups excluding carboxylic acids is 1. The highest BCUT2D eigenvalue weighted by atomic mass is 35.5. The molecular formula is C11H14ClNO2S. The maximum atomic E-state index is 12.2. The molecule has 0 spiro atoms. The number of anilines is 1. The van der Waals surface area contributed by atoms with E-state index in [1.165, 1.54) is 11.3 Å². The molecule has 1 heterocycles. The van der Waals surface area contributed by atoms with Crippen LogP contribution in [0.2, 0.25) is 4.34 Å². The fourth-order valence-corrected chi connectivity index (χ4v) is 2.98. The van der Waals surface area contributed by atoms with Gasteiger partial charge in [-0.05, 0) is 25.0 Å². The maximum Gasteiger partial charge on any atom is 0.235 e. The Bertz CT molecular complexity index is 395. The van der Waals surface area contributed by atoms with Crippen LogP contribution < -0.4 is 4.90 Å². The predicted molar refractivity (Wildman–Crippen MR) is 66.1 cm³/mol. The smallest absolute Gasteiger partial charge is 0.235 e. The van der Waals surface area contributed by atoms with Crippen LogP contribution >= 0.6 is 22.9 Å². The minimum atomic E-state index is -0.536. The van der Waals surface area contributed by atoms with E-state index in [1.54, 1.807) is 18.0 Å². The fourth-order valence-electron chi connectivity index (χ4n) is 1.98. The summed E-state index contributed by atoms with van der Waals surface area (Å²) in [5.74, 6) is -0.000216. The molecule has 0 radical (unpaired) electrons. The number of hydrogen-bond acceptors (Lipinski definition) is 3. The van der Waals surface area contributed by atoms with Crippen molar-refractivity contribution in [2.45, 2.75) is 19.3 Å². The van der Waals surface area contributed by atoms with Gasteiger partial charge in [0.15, 0.2) is 0 Å². The quantitative estimate of drug-likeness (QED) is 0.906. The Kier molecular flexibility index (Phi) is 3.24. The van der Waals surface area contributed by atoms with Crippen molar-refractivity contribution in [3.63, 3.8) is 0 Å². The summed E-state index contributed by atoms with van der Waals surface area (Å²) < 4.78 is 0.668. The summed E-state index contributed by atoms with van der Waals surface area (Å²) in [5.41, 5.74) is -0.536. The van der Waals surface area contributed by atoms with Gasteiger partial charge in [-0.25, -0.2) is 0 Å². The zero-order valence-corrected chi connectivity index (χ0v) is 10.6. The molecule has 1 aromatic heterocycles. The number of rotatable bonds is 3. The van der Waals surface area contributed by atoms with Crippen molar-refractivity contribution in [2.24, 2.45) is 5.41 Å². The number of aliphatic hydroxyl groups is 1. The van der Waals surface area contributed by atoms with Gasteiger partial charge in [-0.1, -0.05) is 18.0 Å². The molecule has 1 amide bonds. The molecule has 1 aliphatic carbocycles. The first kappa shape index (κ1) is 11.9. The molecule has 0 aliphatic heterocycles. The Balaban J connectivity index is 2.15. The molecule has 0 atom stereocenters. The molecule has 0 aromatic carbocycles. The Morgan fingerprint density at radius 2 is 2.31 bits per heavy atom. The molecule has 3 nitrogen and oxygen atoms in total. The van der Waals surface area contributed by atoms with Gasteiger partial charge in [0.2, 0.25) is 5.91 Å². The number of amides is 1. The molecule has 0 saturated heterocycles. The van der Waals surface area contributed by atoms with Crippen molar-refractivity contribution in [1.29, 1.82) is 0 Å².